The highest BCUT2D eigenvalue weighted by Crippen LogP contribution is 2.50. The summed E-state index contributed by atoms with van der Waals surface area (Å²) in [6.45, 7) is 3.34. The molecule has 11 nitrogen and oxygen atoms in total. The Morgan fingerprint density at radius 3 is 2.82 bits per heavy atom. The Morgan fingerprint density at radius 1 is 1.29 bits per heavy atom. The fourth-order valence-electron chi connectivity index (χ4n) is 6.06. The maximum Gasteiger partial charge on any atom is 0.274 e. The van der Waals surface area contributed by atoms with Crippen LogP contribution in [0.4, 0.5) is 4.39 Å². The Labute approximate surface area is 219 Å². The van der Waals surface area contributed by atoms with Gasteiger partial charge in [-0.3, -0.25) is 19.6 Å². The van der Waals surface area contributed by atoms with Crippen LogP contribution in [0.3, 0.4) is 0 Å². The molecule has 0 bridgehead atoms. The number of methoxy groups -OCH3 is 1. The lowest BCUT2D eigenvalue weighted by molar-refractivity contribution is -0.185. The number of piperidine rings is 1. The van der Waals surface area contributed by atoms with Gasteiger partial charge in [0.1, 0.15) is 5.60 Å². The highest BCUT2D eigenvalue weighted by molar-refractivity contribution is 5.94. The van der Waals surface area contributed by atoms with Gasteiger partial charge in [0, 0.05) is 55.3 Å². The molecule has 2 aromatic heterocycles. The summed E-state index contributed by atoms with van der Waals surface area (Å²) in [5, 5.41) is 20.5. The van der Waals surface area contributed by atoms with Crippen molar-refractivity contribution in [3.05, 3.63) is 29.8 Å². The highest BCUT2D eigenvalue weighted by Gasteiger charge is 2.55. The number of pyridine rings is 1. The van der Waals surface area contributed by atoms with Crippen molar-refractivity contribution in [1.29, 1.82) is 0 Å². The molecular formula is C26H33FN6O5. The van der Waals surface area contributed by atoms with Crippen molar-refractivity contribution >= 4 is 11.8 Å². The summed E-state index contributed by atoms with van der Waals surface area (Å²) in [5.41, 5.74) is -0.273. The topological polar surface area (TPSA) is 133 Å². The predicted molar refractivity (Wildman–Crippen MR) is 133 cm³/mol. The average molecular weight is 529 g/mol. The second-order valence-corrected chi connectivity index (χ2v) is 11.2. The molecule has 3 saturated heterocycles. The summed E-state index contributed by atoms with van der Waals surface area (Å²) in [7, 11) is 1.45. The van der Waals surface area contributed by atoms with E-state index in [1.165, 1.54) is 13.2 Å². The lowest BCUT2D eigenvalue weighted by Gasteiger charge is -2.40. The molecule has 0 aromatic carbocycles. The molecular weight excluding hydrogens is 495 g/mol. The Hall–Kier alpha value is -3.09. The molecule has 1 aliphatic carbocycles. The number of nitrogens with zero attached hydrogens (tertiary/aromatic N) is 4. The molecule has 2 atom stereocenters. The van der Waals surface area contributed by atoms with Crippen molar-refractivity contribution in [2.45, 2.75) is 49.3 Å². The molecule has 2 aromatic rings. The summed E-state index contributed by atoms with van der Waals surface area (Å²) in [4.78, 5) is 34.4. The minimum atomic E-state index is -0.759. The van der Waals surface area contributed by atoms with Crippen LogP contribution in [0.15, 0.2) is 18.3 Å². The van der Waals surface area contributed by atoms with E-state index >= 15 is 0 Å². The number of hydrogen-bond donors (Lipinski definition) is 3. The standard InChI is InChI=1S/C26H33FN6O5/c1-37-22-8-18(19(27)11-28-22)20-9-21(31-30-20)24(35)33-7-2-16(10-25(33)4-5-25)23(34)29-17-3-6-32(12-17)13-26(36)14-38-15-26/h8-9,11,16-17,36H,2-7,10,12-15H2,1H3,(H,29,34)(H,30,31)/t16-,17+/m0/s1. The highest BCUT2D eigenvalue weighted by atomic mass is 19.1. The zero-order valence-corrected chi connectivity index (χ0v) is 21.4. The molecule has 0 unspecified atom stereocenters. The van der Waals surface area contributed by atoms with Crippen molar-refractivity contribution in [3.63, 3.8) is 0 Å². The van der Waals surface area contributed by atoms with Gasteiger partial charge in [0.15, 0.2) is 11.5 Å². The van der Waals surface area contributed by atoms with Crippen LogP contribution >= 0.6 is 0 Å². The third-order valence-corrected chi connectivity index (χ3v) is 8.35. The minimum Gasteiger partial charge on any atom is -0.481 e. The number of carbonyl (C=O) groups is 2. The van der Waals surface area contributed by atoms with Gasteiger partial charge in [-0.15, -0.1) is 0 Å². The number of β-amino-alcohol motifs (C(OH)–C–C–N with tert-alkyl or cyclic N) is 1. The van der Waals surface area contributed by atoms with Gasteiger partial charge in [0.2, 0.25) is 11.8 Å². The molecule has 12 heteroatoms. The Bertz CT molecular complexity index is 1230. The summed E-state index contributed by atoms with van der Waals surface area (Å²) in [5.74, 6) is -0.596. The molecule has 4 aliphatic rings. The number of likely N-dealkylation sites (tertiary alicyclic amines) is 2. The van der Waals surface area contributed by atoms with E-state index in [0.717, 1.165) is 38.5 Å². The van der Waals surface area contributed by atoms with Gasteiger partial charge in [-0.05, 0) is 38.2 Å². The third kappa shape index (κ3) is 4.76. The van der Waals surface area contributed by atoms with Crippen molar-refractivity contribution in [2.75, 3.05) is 46.5 Å². The number of H-pyrrole nitrogens is 1. The normalized spacial score (nSPS) is 25.7. The smallest absolute Gasteiger partial charge is 0.274 e. The number of ether oxygens (including phenoxy) is 2. The van der Waals surface area contributed by atoms with E-state index < -0.39 is 11.4 Å². The summed E-state index contributed by atoms with van der Waals surface area (Å²) in [6, 6.07) is 3.07. The van der Waals surface area contributed by atoms with Gasteiger partial charge in [-0.2, -0.15) is 5.10 Å². The summed E-state index contributed by atoms with van der Waals surface area (Å²) >= 11 is 0. The van der Waals surface area contributed by atoms with Gasteiger partial charge in [0.05, 0.1) is 32.2 Å². The molecule has 2 amide bonds. The van der Waals surface area contributed by atoms with Crippen LogP contribution in [-0.2, 0) is 9.53 Å². The number of aromatic amines is 1. The number of amides is 2. The molecule has 1 saturated carbocycles. The first kappa shape index (κ1) is 25.2. The third-order valence-electron chi connectivity index (χ3n) is 8.35. The van der Waals surface area contributed by atoms with Crippen LogP contribution < -0.4 is 10.1 Å². The minimum absolute atomic E-state index is 0.0464. The van der Waals surface area contributed by atoms with Crippen LogP contribution in [-0.4, -0.2) is 106 Å². The van der Waals surface area contributed by atoms with E-state index in [0.29, 0.717) is 44.8 Å². The summed E-state index contributed by atoms with van der Waals surface area (Å²) in [6.07, 6.45) is 4.85. The van der Waals surface area contributed by atoms with E-state index in [2.05, 4.69) is 25.4 Å². The van der Waals surface area contributed by atoms with Crippen LogP contribution in [0.5, 0.6) is 5.88 Å². The second-order valence-electron chi connectivity index (χ2n) is 11.2. The number of nitrogens with one attached hydrogen (secondary N) is 2. The quantitative estimate of drug-likeness (QED) is 0.484. The molecule has 3 aliphatic heterocycles. The number of halogens is 1. The fourth-order valence-corrected chi connectivity index (χ4v) is 6.06. The molecule has 6 rings (SSSR count). The molecule has 5 heterocycles. The fraction of sp³-hybridized carbons (Fsp3) is 0.615. The van der Waals surface area contributed by atoms with Crippen molar-refractivity contribution in [3.8, 4) is 17.1 Å². The molecule has 38 heavy (non-hydrogen) atoms. The predicted octanol–water partition coefficient (Wildman–Crippen LogP) is 0.956. The lowest BCUT2D eigenvalue weighted by atomic mass is 9.87. The maximum absolute atomic E-state index is 14.3. The first-order valence-electron chi connectivity index (χ1n) is 13.2. The van der Waals surface area contributed by atoms with E-state index in [9.17, 15) is 19.1 Å². The Balaban J connectivity index is 1.06. The average Bonchev–Trinajstić information content (AvgIpc) is 3.27. The molecule has 204 valence electrons. The van der Waals surface area contributed by atoms with E-state index in [1.54, 1.807) is 6.07 Å². The lowest BCUT2D eigenvalue weighted by Crippen LogP contribution is -2.57. The molecule has 0 radical (unpaired) electrons. The maximum atomic E-state index is 14.3. The van der Waals surface area contributed by atoms with E-state index in [1.807, 2.05) is 4.90 Å². The number of hydrogen-bond acceptors (Lipinski definition) is 8. The largest absolute Gasteiger partial charge is 0.481 e. The molecule has 3 N–H and O–H groups in total. The summed E-state index contributed by atoms with van der Waals surface area (Å²) < 4.78 is 24.6. The number of rotatable bonds is 7. The monoisotopic (exact) mass is 528 g/mol. The van der Waals surface area contributed by atoms with Crippen LogP contribution in [0.25, 0.3) is 11.3 Å². The van der Waals surface area contributed by atoms with Gasteiger partial charge < -0.3 is 24.8 Å². The van der Waals surface area contributed by atoms with Gasteiger partial charge in [0.25, 0.3) is 5.91 Å². The number of aromatic nitrogens is 3. The Kier molecular flexibility index (Phi) is 6.36. The van der Waals surface area contributed by atoms with Gasteiger partial charge in [-0.1, -0.05) is 0 Å². The molecule has 4 fully saturated rings. The van der Waals surface area contributed by atoms with Gasteiger partial charge >= 0.3 is 0 Å². The van der Waals surface area contributed by atoms with Crippen molar-refractivity contribution < 1.29 is 28.6 Å². The molecule has 1 spiro atoms. The van der Waals surface area contributed by atoms with Crippen molar-refractivity contribution in [2.24, 2.45) is 5.92 Å². The van der Waals surface area contributed by atoms with Gasteiger partial charge in [-0.25, -0.2) is 9.37 Å². The second kappa shape index (κ2) is 9.58. The Morgan fingerprint density at radius 2 is 2.11 bits per heavy atom. The van der Waals surface area contributed by atoms with E-state index in [4.69, 9.17) is 9.47 Å². The first-order valence-corrected chi connectivity index (χ1v) is 13.2. The first-order chi connectivity index (χ1) is 18.3. The van der Waals surface area contributed by atoms with E-state index in [-0.39, 0.29) is 46.5 Å². The number of aliphatic hydroxyl groups is 1. The van der Waals surface area contributed by atoms with Crippen molar-refractivity contribution in [1.82, 2.24) is 30.3 Å². The zero-order chi connectivity index (χ0) is 26.5. The number of carbonyl (C=O) groups excluding carboxylic acids is 2. The van der Waals surface area contributed by atoms with Crippen LogP contribution in [0, 0.1) is 11.7 Å². The SMILES string of the molecule is COc1cc(-c2cc(C(=O)N3CC[C@H](C(=O)N[C@@H]4CCN(CC5(O)COC5)C4)CC34CC4)n[nH]2)c(F)cn1. The van der Waals surface area contributed by atoms with Crippen LogP contribution in [0.1, 0.15) is 42.6 Å². The zero-order valence-electron chi connectivity index (χ0n) is 21.4. The van der Waals surface area contributed by atoms with Crippen LogP contribution in [0.2, 0.25) is 0 Å².